The predicted octanol–water partition coefficient (Wildman–Crippen LogP) is 3.88. The highest BCUT2D eigenvalue weighted by molar-refractivity contribution is 6.16. The van der Waals surface area contributed by atoms with E-state index in [1.54, 1.807) is 4.90 Å². The van der Waals surface area contributed by atoms with E-state index >= 15 is 8.78 Å². The van der Waals surface area contributed by atoms with Gasteiger partial charge in [-0.15, -0.1) is 4.98 Å². The molecule has 13 heteroatoms. The van der Waals surface area contributed by atoms with Crippen molar-refractivity contribution in [2.75, 3.05) is 44.2 Å². The highest BCUT2D eigenvalue weighted by Crippen LogP contribution is 2.47. The lowest BCUT2D eigenvalue weighted by Crippen LogP contribution is -2.68. The van der Waals surface area contributed by atoms with Gasteiger partial charge in [-0.1, -0.05) is 6.07 Å². The first-order valence-corrected chi connectivity index (χ1v) is 16.1. The molecule has 2 atom stereocenters. The maximum absolute atomic E-state index is 16.9. The van der Waals surface area contributed by atoms with Crippen LogP contribution < -0.4 is 14.6 Å². The van der Waals surface area contributed by atoms with E-state index in [-0.39, 0.29) is 62.1 Å². The average molecular weight is 643 g/mol. The molecule has 1 amide bonds. The Kier molecular flexibility index (Phi) is 6.31. The van der Waals surface area contributed by atoms with Gasteiger partial charge < -0.3 is 24.5 Å². The van der Waals surface area contributed by atoms with Gasteiger partial charge in [0.2, 0.25) is 17.7 Å². The number of likely N-dealkylation sites (tertiary alicyclic amines) is 1. The number of ether oxygens (including phenoxy) is 1. The van der Waals surface area contributed by atoms with E-state index in [0.29, 0.717) is 62.2 Å². The van der Waals surface area contributed by atoms with Crippen molar-refractivity contribution in [1.82, 2.24) is 24.8 Å². The Morgan fingerprint density at radius 1 is 1.06 bits per heavy atom. The number of phenolic OH excluding ortho intramolecular Hbond substituents is 1. The van der Waals surface area contributed by atoms with E-state index in [2.05, 4.69) is 26.0 Å². The van der Waals surface area contributed by atoms with E-state index in [1.165, 1.54) is 24.3 Å². The summed E-state index contributed by atoms with van der Waals surface area (Å²) in [7, 11) is 0. The number of carbonyl (C=O) groups is 1. The highest BCUT2D eigenvalue weighted by atomic mass is 19.1. The van der Waals surface area contributed by atoms with Crippen LogP contribution in [0.2, 0.25) is 0 Å². The van der Waals surface area contributed by atoms with Crippen molar-refractivity contribution in [2.45, 2.75) is 50.4 Å². The predicted molar refractivity (Wildman–Crippen MR) is 166 cm³/mol. The number of hydrogen-bond donors (Lipinski definition) is 1. The number of alkyl halides is 1. The quantitative estimate of drug-likeness (QED) is 0.265. The van der Waals surface area contributed by atoms with Crippen molar-refractivity contribution in [3.8, 4) is 11.8 Å². The van der Waals surface area contributed by atoms with Gasteiger partial charge in [-0.05, 0) is 60.7 Å². The molecule has 240 valence electrons. The summed E-state index contributed by atoms with van der Waals surface area (Å²) in [6.45, 7) is 3.48. The van der Waals surface area contributed by atoms with Crippen LogP contribution in [0.5, 0.6) is 11.8 Å². The third-order valence-electron chi connectivity index (χ3n) is 10.5. The summed E-state index contributed by atoms with van der Waals surface area (Å²) >= 11 is 0. The first-order valence-electron chi connectivity index (χ1n) is 16.1. The van der Waals surface area contributed by atoms with Gasteiger partial charge in [0.1, 0.15) is 28.6 Å². The molecule has 2 aromatic carbocycles. The molecule has 4 saturated heterocycles. The van der Waals surface area contributed by atoms with E-state index in [9.17, 15) is 14.3 Å². The van der Waals surface area contributed by atoms with Crippen LogP contribution in [0.1, 0.15) is 32.1 Å². The second-order valence-electron chi connectivity index (χ2n) is 13.6. The smallest absolute Gasteiger partial charge is 0.440 e. The molecule has 3 aromatic heterocycles. The van der Waals surface area contributed by atoms with Crippen LogP contribution in [0.15, 0.2) is 24.3 Å². The number of rotatable bonds is 7. The normalized spacial score (nSPS) is 22.5. The Morgan fingerprint density at radius 2 is 1.85 bits per heavy atom. The van der Waals surface area contributed by atoms with Crippen LogP contribution in [0, 0.1) is 23.2 Å². The summed E-state index contributed by atoms with van der Waals surface area (Å²) in [4.78, 5) is 36.1. The Bertz CT molecular complexity index is 2090. The van der Waals surface area contributed by atoms with Crippen LogP contribution >= 0.6 is 0 Å². The first kappa shape index (κ1) is 28.5. The molecule has 10 nitrogen and oxygen atoms in total. The van der Waals surface area contributed by atoms with Gasteiger partial charge in [0.25, 0.3) is 0 Å². The van der Waals surface area contributed by atoms with Crippen molar-refractivity contribution >= 4 is 55.8 Å². The largest absolute Gasteiger partial charge is 0.508 e. The fourth-order valence-corrected chi connectivity index (χ4v) is 7.76. The number of pyridine rings is 1. The van der Waals surface area contributed by atoms with Gasteiger partial charge in [0.15, 0.2) is 17.4 Å². The second-order valence-corrected chi connectivity index (χ2v) is 13.6. The summed E-state index contributed by atoms with van der Waals surface area (Å²) in [6.07, 6.45) is 6.78. The van der Waals surface area contributed by atoms with Gasteiger partial charge in [0, 0.05) is 48.9 Å². The van der Waals surface area contributed by atoms with Gasteiger partial charge in [-0.25, -0.2) is 8.78 Å². The van der Waals surface area contributed by atoms with E-state index in [4.69, 9.17) is 9.72 Å². The number of piperazine rings is 1. The number of aromatic nitrogens is 4. The highest BCUT2D eigenvalue weighted by Gasteiger charge is 2.47. The lowest BCUT2D eigenvalue weighted by atomic mass is 9.88. The van der Waals surface area contributed by atoms with Crippen LogP contribution in [0.25, 0.3) is 43.6 Å². The SMILES string of the molecule is O=CN1C2CC1CN(c1nc(OCC3(CN4CCC(F)CC4)CC3)nc3c(F)c4nc([n+]#cc5c(F)ccc6cc(O)cc4c65)c13)C2. The third kappa shape index (κ3) is 4.64. The molecule has 4 bridgehead atoms. The van der Waals surface area contributed by atoms with Crippen molar-refractivity contribution in [2.24, 2.45) is 5.41 Å². The lowest BCUT2D eigenvalue weighted by molar-refractivity contribution is -0.260. The zero-order valence-electron chi connectivity index (χ0n) is 25.4. The molecule has 4 aliphatic heterocycles. The molecule has 0 radical (unpaired) electrons. The van der Waals surface area contributed by atoms with E-state index in [1.807, 2.05) is 4.90 Å². The van der Waals surface area contributed by atoms with Crippen molar-refractivity contribution in [3.05, 3.63) is 42.1 Å². The standard InChI is InChI=1S/C34H30F3N7O3/c35-19-3-7-42(8-4-19)15-34(5-6-34)16-47-33-40-30-27(32(41-33)43-13-20-10-21(14-43)44(20)17-45)31-38-12-24-25(36)2-1-18-9-22(46)11-23(26(18)24)29(39-31)28(30)37/h1-2,9,11,17,19-21H,3-8,10,13-16H2/p+1. The number of amides is 1. The minimum absolute atomic E-state index is 0.00671. The van der Waals surface area contributed by atoms with E-state index < -0.39 is 17.8 Å². The molecule has 5 fully saturated rings. The fraction of sp³-hybridized carbons (Fsp3) is 0.441. The van der Waals surface area contributed by atoms with Crippen molar-refractivity contribution in [3.63, 3.8) is 0 Å². The van der Waals surface area contributed by atoms with Crippen LogP contribution in [0.4, 0.5) is 19.0 Å². The molecule has 5 aromatic rings. The van der Waals surface area contributed by atoms with Crippen molar-refractivity contribution < 1.29 is 32.8 Å². The van der Waals surface area contributed by atoms with Gasteiger partial charge in [-0.3, -0.25) is 4.79 Å². The first-order chi connectivity index (χ1) is 22.8. The molecular formula is C34H31F3N7O3+. The molecule has 2 unspecified atom stereocenters. The molecule has 1 N–H and O–H groups in total. The zero-order chi connectivity index (χ0) is 32.0. The molecule has 5 aliphatic rings. The van der Waals surface area contributed by atoms with Gasteiger partial charge in [0.05, 0.1) is 18.7 Å². The molecule has 1 saturated carbocycles. The van der Waals surface area contributed by atoms with Crippen LogP contribution in [-0.4, -0.2) is 93.9 Å². The maximum atomic E-state index is 16.9. The van der Waals surface area contributed by atoms with E-state index in [0.717, 1.165) is 32.2 Å². The summed E-state index contributed by atoms with van der Waals surface area (Å²) in [6, 6.07) is 5.56. The zero-order valence-corrected chi connectivity index (χ0v) is 25.4. The average Bonchev–Trinajstić information content (AvgIpc) is 3.83. The monoisotopic (exact) mass is 642 g/mol. The molecule has 0 spiro atoms. The lowest BCUT2D eigenvalue weighted by Gasteiger charge is -2.54. The maximum Gasteiger partial charge on any atom is 0.440 e. The number of aromatic hydroxyl groups is 1. The number of nitrogens with zero attached hydrogens (tertiary/aromatic N) is 7. The number of halogens is 3. The third-order valence-corrected chi connectivity index (χ3v) is 10.5. The summed E-state index contributed by atoms with van der Waals surface area (Å²) in [5, 5.41) is 11.8. The number of piperidine rings is 2. The molecule has 47 heavy (non-hydrogen) atoms. The minimum Gasteiger partial charge on any atom is -0.508 e. The Balaban J connectivity index is 1.19. The summed E-state index contributed by atoms with van der Waals surface area (Å²) in [5.74, 6) is -1.13. The number of benzene rings is 2. The summed E-state index contributed by atoms with van der Waals surface area (Å²) < 4.78 is 52.0. The number of anilines is 1. The van der Waals surface area contributed by atoms with Crippen LogP contribution in [-0.2, 0) is 4.79 Å². The number of hydrogen-bond acceptors (Lipinski definition) is 8. The number of carbonyl (C=O) groups excluding carboxylic acids is 1. The van der Waals surface area contributed by atoms with Crippen LogP contribution in [0.3, 0.4) is 0 Å². The van der Waals surface area contributed by atoms with Crippen molar-refractivity contribution in [1.29, 1.82) is 0 Å². The Labute approximate surface area is 267 Å². The number of phenols is 1. The summed E-state index contributed by atoms with van der Waals surface area (Å²) in [5.41, 5.74) is -0.241. The molecular weight excluding hydrogens is 611 g/mol. The molecule has 10 rings (SSSR count). The molecule has 7 heterocycles. The van der Waals surface area contributed by atoms with Gasteiger partial charge >= 0.3 is 11.7 Å². The fourth-order valence-electron chi connectivity index (χ4n) is 7.76. The molecule has 1 aliphatic carbocycles. The second kappa shape index (κ2) is 10.4. The minimum atomic E-state index is -0.775. The Hall–Kier alpha value is -4.70. The topological polar surface area (TPSA) is 109 Å². The number of fused-ring (bicyclic) bond motifs is 7. The van der Waals surface area contributed by atoms with Gasteiger partial charge in [-0.2, -0.15) is 14.4 Å². The Morgan fingerprint density at radius 3 is 2.60 bits per heavy atom.